The van der Waals surface area contributed by atoms with Crippen LogP contribution in [0.1, 0.15) is 28.4 Å². The van der Waals surface area contributed by atoms with Gasteiger partial charge in [-0.1, -0.05) is 18.2 Å². The molecule has 0 bridgehead atoms. The predicted octanol–water partition coefficient (Wildman–Crippen LogP) is 0.823. The quantitative estimate of drug-likeness (QED) is 0.698. The summed E-state index contributed by atoms with van der Waals surface area (Å²) in [6, 6.07) is 5.95. The number of fused-ring (bicyclic) bond motifs is 3. The Labute approximate surface area is 91.0 Å². The molecule has 1 N–H and O–H groups in total. The molecular weight excluding hydrogens is 208 g/mol. The first-order valence-corrected chi connectivity index (χ1v) is 4.95. The molecule has 5 heteroatoms. The number of carbonyl (C=O) groups is 3. The Morgan fingerprint density at radius 3 is 2.75 bits per heavy atom. The number of nitrogens with zero attached hydrogens (tertiary/aromatic N) is 1. The van der Waals surface area contributed by atoms with Gasteiger partial charge in [0.1, 0.15) is 0 Å². The molecule has 4 amide bonds. The number of nitrogens with one attached hydrogen (secondary N) is 1. The van der Waals surface area contributed by atoms with E-state index in [1.54, 1.807) is 24.3 Å². The van der Waals surface area contributed by atoms with Crippen molar-refractivity contribution in [1.82, 2.24) is 10.2 Å². The van der Waals surface area contributed by atoms with E-state index in [1.807, 2.05) is 0 Å². The highest BCUT2D eigenvalue weighted by Crippen LogP contribution is 2.37. The maximum Gasteiger partial charge on any atom is 0.331 e. The minimum atomic E-state index is -0.623. The number of amides is 4. The van der Waals surface area contributed by atoms with Crippen LogP contribution in [-0.2, 0) is 4.79 Å². The molecule has 1 saturated heterocycles. The second-order valence-electron chi connectivity index (χ2n) is 3.84. The molecule has 3 rings (SSSR count). The average molecular weight is 216 g/mol. The van der Waals surface area contributed by atoms with Crippen molar-refractivity contribution in [2.45, 2.75) is 12.5 Å². The third kappa shape index (κ3) is 1.02. The zero-order valence-corrected chi connectivity index (χ0v) is 8.27. The summed E-state index contributed by atoms with van der Waals surface area (Å²) >= 11 is 0. The van der Waals surface area contributed by atoms with Gasteiger partial charge in [0.25, 0.3) is 5.91 Å². The smallest absolute Gasteiger partial charge is 0.277 e. The Balaban J connectivity index is 2.15. The van der Waals surface area contributed by atoms with Gasteiger partial charge in [0.2, 0.25) is 5.91 Å². The summed E-state index contributed by atoms with van der Waals surface area (Å²) in [5, 5.41) is 2.14. The fraction of sp³-hybridized carbons (Fsp3) is 0.182. The third-order valence-corrected chi connectivity index (χ3v) is 2.92. The van der Waals surface area contributed by atoms with Gasteiger partial charge in [-0.05, 0) is 11.6 Å². The number of hydrogen-bond acceptors (Lipinski definition) is 3. The molecule has 1 aromatic carbocycles. The van der Waals surface area contributed by atoms with Crippen LogP contribution in [0.2, 0.25) is 0 Å². The molecule has 0 aliphatic carbocycles. The van der Waals surface area contributed by atoms with Crippen LogP contribution < -0.4 is 5.32 Å². The normalized spacial score (nSPS) is 22.9. The molecule has 0 aromatic heterocycles. The summed E-state index contributed by atoms with van der Waals surface area (Å²) in [7, 11) is 0. The van der Waals surface area contributed by atoms with Gasteiger partial charge < -0.3 is 0 Å². The highest BCUT2D eigenvalue weighted by Gasteiger charge is 2.44. The molecular formula is C11H8N2O3. The van der Waals surface area contributed by atoms with Crippen LogP contribution in [0.15, 0.2) is 24.3 Å². The average Bonchev–Trinajstić information content (AvgIpc) is 2.54. The van der Waals surface area contributed by atoms with Gasteiger partial charge >= 0.3 is 6.03 Å². The van der Waals surface area contributed by atoms with Crippen LogP contribution in [0.3, 0.4) is 0 Å². The highest BCUT2D eigenvalue weighted by atomic mass is 16.2. The lowest BCUT2D eigenvalue weighted by atomic mass is 10.0. The first kappa shape index (κ1) is 9.08. The highest BCUT2D eigenvalue weighted by molar-refractivity contribution is 6.13. The molecule has 2 aliphatic rings. The Morgan fingerprint density at radius 2 is 1.94 bits per heavy atom. The summed E-state index contributed by atoms with van der Waals surface area (Å²) in [4.78, 5) is 35.8. The molecule has 2 heterocycles. The largest absolute Gasteiger partial charge is 0.331 e. The number of hydrogen-bond donors (Lipinski definition) is 1. The summed E-state index contributed by atoms with van der Waals surface area (Å²) in [5.41, 5.74) is 1.27. The summed E-state index contributed by atoms with van der Waals surface area (Å²) < 4.78 is 0. The molecule has 1 atom stereocenters. The van der Waals surface area contributed by atoms with Crippen molar-refractivity contribution in [2.75, 3.05) is 0 Å². The van der Waals surface area contributed by atoms with E-state index in [0.717, 1.165) is 10.5 Å². The lowest BCUT2D eigenvalue weighted by Gasteiger charge is -2.27. The van der Waals surface area contributed by atoms with Crippen LogP contribution in [0, 0.1) is 0 Å². The molecule has 2 aliphatic heterocycles. The monoisotopic (exact) mass is 216 g/mol. The first-order chi connectivity index (χ1) is 7.68. The number of carbonyl (C=O) groups excluding carboxylic acids is 3. The molecule has 5 nitrogen and oxygen atoms in total. The van der Waals surface area contributed by atoms with Crippen molar-refractivity contribution in [3.63, 3.8) is 0 Å². The SMILES string of the molecule is O=C1CC2c3ccccc3C(=O)N2C(=O)N1. The zero-order chi connectivity index (χ0) is 11.3. The van der Waals surface area contributed by atoms with Crippen LogP contribution in [0.5, 0.6) is 0 Å². The molecule has 16 heavy (non-hydrogen) atoms. The van der Waals surface area contributed by atoms with Gasteiger partial charge in [0.05, 0.1) is 12.5 Å². The minimum absolute atomic E-state index is 0.147. The topological polar surface area (TPSA) is 66.5 Å². The van der Waals surface area contributed by atoms with E-state index in [0.29, 0.717) is 5.56 Å². The number of rotatable bonds is 0. The van der Waals surface area contributed by atoms with E-state index < -0.39 is 12.1 Å². The fourth-order valence-corrected chi connectivity index (χ4v) is 2.23. The van der Waals surface area contributed by atoms with Gasteiger partial charge in [0.15, 0.2) is 0 Å². The molecule has 0 saturated carbocycles. The Bertz CT molecular complexity index is 524. The van der Waals surface area contributed by atoms with Gasteiger partial charge in [-0.3, -0.25) is 19.8 Å². The lowest BCUT2D eigenvalue weighted by Crippen LogP contribution is -2.50. The van der Waals surface area contributed by atoms with Crippen molar-refractivity contribution >= 4 is 17.8 Å². The molecule has 1 fully saturated rings. The number of urea groups is 1. The van der Waals surface area contributed by atoms with Gasteiger partial charge in [-0.15, -0.1) is 0 Å². The summed E-state index contributed by atoms with van der Waals surface area (Å²) in [5.74, 6) is -0.665. The van der Waals surface area contributed by atoms with E-state index in [2.05, 4.69) is 5.32 Å². The van der Waals surface area contributed by atoms with Gasteiger partial charge in [-0.2, -0.15) is 0 Å². The Morgan fingerprint density at radius 1 is 1.19 bits per heavy atom. The molecule has 80 valence electrons. The van der Waals surface area contributed by atoms with Crippen molar-refractivity contribution < 1.29 is 14.4 Å². The van der Waals surface area contributed by atoms with Gasteiger partial charge in [0, 0.05) is 5.56 Å². The van der Waals surface area contributed by atoms with Crippen LogP contribution >= 0.6 is 0 Å². The van der Waals surface area contributed by atoms with E-state index in [9.17, 15) is 14.4 Å². The lowest BCUT2D eigenvalue weighted by molar-refractivity contribution is -0.122. The Hall–Kier alpha value is -2.17. The molecule has 1 aromatic rings. The third-order valence-electron chi connectivity index (χ3n) is 2.92. The van der Waals surface area contributed by atoms with E-state index in [4.69, 9.17) is 0 Å². The molecule has 0 spiro atoms. The second-order valence-corrected chi connectivity index (χ2v) is 3.84. The van der Waals surface area contributed by atoms with Crippen molar-refractivity contribution in [3.05, 3.63) is 35.4 Å². The summed E-state index contributed by atoms with van der Waals surface area (Å²) in [6.45, 7) is 0. The van der Waals surface area contributed by atoms with Crippen LogP contribution in [0.4, 0.5) is 4.79 Å². The maximum atomic E-state index is 11.9. The van der Waals surface area contributed by atoms with Crippen molar-refractivity contribution in [1.29, 1.82) is 0 Å². The second kappa shape index (κ2) is 2.91. The fourth-order valence-electron chi connectivity index (χ4n) is 2.23. The standard InChI is InChI=1S/C11H8N2O3/c14-9-5-8-6-3-1-2-4-7(6)10(15)13(8)11(16)12-9/h1-4,8H,5H2,(H,12,14,16). The van der Waals surface area contributed by atoms with E-state index in [-0.39, 0.29) is 18.2 Å². The number of benzene rings is 1. The van der Waals surface area contributed by atoms with Crippen molar-refractivity contribution in [3.8, 4) is 0 Å². The van der Waals surface area contributed by atoms with E-state index in [1.165, 1.54) is 0 Å². The Kier molecular flexibility index (Phi) is 1.65. The number of imide groups is 2. The van der Waals surface area contributed by atoms with Gasteiger partial charge in [-0.25, -0.2) is 4.79 Å². The van der Waals surface area contributed by atoms with Crippen LogP contribution in [0.25, 0.3) is 0 Å². The zero-order valence-electron chi connectivity index (χ0n) is 8.27. The van der Waals surface area contributed by atoms with E-state index >= 15 is 0 Å². The minimum Gasteiger partial charge on any atom is -0.277 e. The molecule has 1 unspecified atom stereocenters. The predicted molar refractivity (Wildman–Crippen MR) is 53.5 cm³/mol. The van der Waals surface area contributed by atoms with Crippen LogP contribution in [-0.4, -0.2) is 22.7 Å². The maximum absolute atomic E-state index is 11.9. The summed E-state index contributed by atoms with van der Waals surface area (Å²) in [6.07, 6.45) is 0.147. The first-order valence-electron chi connectivity index (χ1n) is 4.95. The van der Waals surface area contributed by atoms with Crippen molar-refractivity contribution in [2.24, 2.45) is 0 Å². The molecule has 0 radical (unpaired) electrons.